The molecule has 0 heterocycles. The first-order valence-electron chi connectivity index (χ1n) is 6.58. The highest BCUT2D eigenvalue weighted by Crippen LogP contribution is 2.27. The summed E-state index contributed by atoms with van der Waals surface area (Å²) in [6, 6.07) is 5.93. The summed E-state index contributed by atoms with van der Waals surface area (Å²) in [6.45, 7) is 4.71. The molecule has 0 spiro atoms. The maximum atomic E-state index is 8.88. The van der Waals surface area contributed by atoms with Crippen molar-refractivity contribution in [3.63, 3.8) is 0 Å². The van der Waals surface area contributed by atoms with Crippen LogP contribution in [0.3, 0.4) is 0 Å². The predicted molar refractivity (Wildman–Crippen MR) is 74.3 cm³/mol. The van der Waals surface area contributed by atoms with E-state index >= 15 is 0 Å². The second-order valence-corrected chi connectivity index (χ2v) is 5.43. The Balaban J connectivity index is 1.97. The lowest BCUT2D eigenvalue weighted by molar-refractivity contribution is 0.00545. The molecule has 4 nitrogen and oxygen atoms in total. The number of nitrogens with zero attached hydrogens (tertiary/aromatic N) is 1. The lowest BCUT2D eigenvalue weighted by atomic mass is 10.1. The number of rotatable bonds is 5. The van der Waals surface area contributed by atoms with Crippen molar-refractivity contribution < 1.29 is 14.7 Å². The molecule has 0 fully saturated rings. The predicted octanol–water partition coefficient (Wildman–Crippen LogP) is 3.01. The minimum Gasteiger partial charge on any atom is -0.493 e. The van der Waals surface area contributed by atoms with Gasteiger partial charge >= 0.3 is 0 Å². The van der Waals surface area contributed by atoms with E-state index < -0.39 is 0 Å². The maximum absolute atomic E-state index is 8.88. The second-order valence-electron chi connectivity index (χ2n) is 5.43. The van der Waals surface area contributed by atoms with Crippen LogP contribution in [0.1, 0.15) is 37.8 Å². The van der Waals surface area contributed by atoms with E-state index in [9.17, 15) is 0 Å². The Morgan fingerprint density at radius 2 is 2.11 bits per heavy atom. The summed E-state index contributed by atoms with van der Waals surface area (Å²) in [4.78, 5) is 0. The highest BCUT2D eigenvalue weighted by molar-refractivity contribution is 6.04. The molecule has 1 aliphatic rings. The van der Waals surface area contributed by atoms with E-state index in [4.69, 9.17) is 14.7 Å². The fourth-order valence-corrected chi connectivity index (χ4v) is 2.16. The van der Waals surface area contributed by atoms with E-state index in [-0.39, 0.29) is 5.60 Å². The van der Waals surface area contributed by atoms with Gasteiger partial charge in [-0.05, 0) is 50.5 Å². The minimum absolute atomic E-state index is 0.159. The van der Waals surface area contributed by atoms with Crippen molar-refractivity contribution in [3.8, 4) is 5.75 Å². The zero-order valence-corrected chi connectivity index (χ0v) is 11.8. The molecule has 2 rings (SSSR count). The van der Waals surface area contributed by atoms with E-state index in [2.05, 4.69) is 5.16 Å². The fourth-order valence-electron chi connectivity index (χ4n) is 2.16. The molecule has 0 saturated heterocycles. The van der Waals surface area contributed by atoms with Gasteiger partial charge in [0.2, 0.25) is 0 Å². The molecule has 19 heavy (non-hydrogen) atoms. The van der Waals surface area contributed by atoms with Crippen molar-refractivity contribution >= 4 is 5.71 Å². The third-order valence-electron chi connectivity index (χ3n) is 3.66. The molecule has 0 radical (unpaired) electrons. The average Bonchev–Trinajstić information content (AvgIpc) is 2.81. The first-order chi connectivity index (χ1) is 9.05. The lowest BCUT2D eigenvalue weighted by Crippen LogP contribution is -2.25. The highest BCUT2D eigenvalue weighted by atomic mass is 16.5. The zero-order chi connectivity index (χ0) is 13.9. The van der Waals surface area contributed by atoms with Gasteiger partial charge in [-0.25, -0.2) is 0 Å². The summed E-state index contributed by atoms with van der Waals surface area (Å²) < 4.78 is 11.1. The third-order valence-corrected chi connectivity index (χ3v) is 3.66. The van der Waals surface area contributed by atoms with Crippen molar-refractivity contribution in [3.05, 3.63) is 29.3 Å². The topological polar surface area (TPSA) is 51.0 Å². The number of oxime groups is 1. The molecule has 0 amide bonds. The molecule has 0 atom stereocenters. The number of ether oxygens (including phenoxy) is 2. The van der Waals surface area contributed by atoms with Crippen molar-refractivity contribution in [2.45, 2.75) is 38.7 Å². The largest absolute Gasteiger partial charge is 0.493 e. The van der Waals surface area contributed by atoms with Crippen LogP contribution in [-0.2, 0) is 11.2 Å². The molecule has 0 bridgehead atoms. The molecular weight excluding hydrogens is 242 g/mol. The summed E-state index contributed by atoms with van der Waals surface area (Å²) in [5.74, 6) is 0.866. The SMILES string of the molecule is COC(C)(C)CCOc1ccc2c(c1)CC/C2=N\O. The Kier molecular flexibility index (Phi) is 4.10. The minimum atomic E-state index is -0.159. The first-order valence-corrected chi connectivity index (χ1v) is 6.58. The molecular formula is C15H21NO3. The Labute approximate surface area is 114 Å². The quantitative estimate of drug-likeness (QED) is 0.656. The van der Waals surface area contributed by atoms with Crippen LogP contribution in [0.15, 0.2) is 23.4 Å². The van der Waals surface area contributed by atoms with Gasteiger partial charge in [-0.1, -0.05) is 5.16 Å². The normalized spacial score (nSPS) is 16.7. The van der Waals surface area contributed by atoms with Gasteiger partial charge in [0, 0.05) is 19.1 Å². The van der Waals surface area contributed by atoms with Gasteiger partial charge in [-0.15, -0.1) is 0 Å². The van der Waals surface area contributed by atoms with Crippen LogP contribution in [0.5, 0.6) is 5.75 Å². The van der Waals surface area contributed by atoms with Crippen LogP contribution in [0.2, 0.25) is 0 Å². The van der Waals surface area contributed by atoms with Crippen LogP contribution in [0.25, 0.3) is 0 Å². The van der Waals surface area contributed by atoms with Crippen LogP contribution in [-0.4, -0.2) is 30.2 Å². The van der Waals surface area contributed by atoms with Gasteiger partial charge in [0.15, 0.2) is 0 Å². The Morgan fingerprint density at radius 1 is 1.32 bits per heavy atom. The van der Waals surface area contributed by atoms with E-state index in [1.54, 1.807) is 7.11 Å². The van der Waals surface area contributed by atoms with E-state index in [0.717, 1.165) is 36.3 Å². The molecule has 104 valence electrons. The van der Waals surface area contributed by atoms with Crippen molar-refractivity contribution in [1.29, 1.82) is 0 Å². The fraction of sp³-hybridized carbons (Fsp3) is 0.533. The molecule has 0 saturated carbocycles. The molecule has 1 aromatic rings. The summed E-state index contributed by atoms with van der Waals surface area (Å²) in [5, 5.41) is 12.2. The number of aryl methyl sites for hydroxylation is 1. The Morgan fingerprint density at radius 3 is 2.79 bits per heavy atom. The molecule has 0 aliphatic heterocycles. The maximum Gasteiger partial charge on any atom is 0.119 e. The summed E-state index contributed by atoms with van der Waals surface area (Å²) in [7, 11) is 1.71. The number of hydrogen-bond donors (Lipinski definition) is 1. The van der Waals surface area contributed by atoms with Gasteiger partial charge in [-0.2, -0.15) is 0 Å². The Hall–Kier alpha value is -1.55. The van der Waals surface area contributed by atoms with Gasteiger partial charge in [0.05, 0.1) is 17.9 Å². The van der Waals surface area contributed by atoms with Crippen molar-refractivity contribution in [2.75, 3.05) is 13.7 Å². The van der Waals surface area contributed by atoms with Crippen molar-refractivity contribution in [1.82, 2.24) is 0 Å². The molecule has 1 aliphatic carbocycles. The summed E-state index contributed by atoms with van der Waals surface area (Å²) in [6.07, 6.45) is 2.55. The van der Waals surface area contributed by atoms with Gasteiger partial charge in [0.25, 0.3) is 0 Å². The number of methoxy groups -OCH3 is 1. The molecule has 1 aromatic carbocycles. The summed E-state index contributed by atoms with van der Waals surface area (Å²) in [5.41, 5.74) is 2.83. The second kappa shape index (κ2) is 5.61. The highest BCUT2D eigenvalue weighted by Gasteiger charge is 2.19. The molecule has 1 N–H and O–H groups in total. The Bertz CT molecular complexity index is 480. The van der Waals surface area contributed by atoms with Gasteiger partial charge < -0.3 is 14.7 Å². The van der Waals surface area contributed by atoms with Crippen molar-refractivity contribution in [2.24, 2.45) is 5.16 Å². The van der Waals surface area contributed by atoms with E-state index in [1.165, 1.54) is 5.56 Å². The smallest absolute Gasteiger partial charge is 0.119 e. The third kappa shape index (κ3) is 3.26. The standard InChI is InChI=1S/C15H21NO3/c1-15(2,18-3)8-9-19-12-5-6-13-11(10-12)4-7-14(13)16-17/h5-6,10,17H,4,7-9H2,1-3H3/b16-14+. The molecule has 4 heteroatoms. The van der Waals surface area contributed by atoms with Crippen LogP contribution in [0.4, 0.5) is 0 Å². The number of hydrogen-bond acceptors (Lipinski definition) is 4. The van der Waals surface area contributed by atoms with Crippen LogP contribution in [0, 0.1) is 0 Å². The van der Waals surface area contributed by atoms with E-state index in [1.807, 2.05) is 32.0 Å². The lowest BCUT2D eigenvalue weighted by Gasteiger charge is -2.22. The monoisotopic (exact) mass is 263 g/mol. The van der Waals surface area contributed by atoms with Crippen LogP contribution >= 0.6 is 0 Å². The van der Waals surface area contributed by atoms with Gasteiger partial charge in [-0.3, -0.25) is 0 Å². The zero-order valence-electron chi connectivity index (χ0n) is 11.8. The van der Waals surface area contributed by atoms with Gasteiger partial charge in [0.1, 0.15) is 5.75 Å². The van der Waals surface area contributed by atoms with Crippen LogP contribution < -0.4 is 4.74 Å². The number of benzene rings is 1. The average molecular weight is 263 g/mol. The van der Waals surface area contributed by atoms with E-state index in [0.29, 0.717) is 6.61 Å². The summed E-state index contributed by atoms with van der Waals surface area (Å²) >= 11 is 0. The first kappa shape index (κ1) is 13.9. The molecule has 0 aromatic heterocycles. The molecule has 0 unspecified atom stereocenters. The number of fused-ring (bicyclic) bond motifs is 1.